The largest absolute Gasteiger partial charge is 0.384 e. The minimum atomic E-state index is -0.265. The van der Waals surface area contributed by atoms with Crippen LogP contribution in [0.5, 0.6) is 0 Å². The van der Waals surface area contributed by atoms with Crippen LogP contribution < -0.4 is 4.90 Å². The summed E-state index contributed by atoms with van der Waals surface area (Å²) in [5.74, 6) is 4.72. The number of hydrogen-bond acceptors (Lipinski definition) is 3. The second kappa shape index (κ2) is 5.25. The van der Waals surface area contributed by atoms with Gasteiger partial charge >= 0.3 is 0 Å². The van der Waals surface area contributed by atoms with Crippen LogP contribution >= 0.6 is 0 Å². The van der Waals surface area contributed by atoms with E-state index in [4.69, 9.17) is 5.11 Å². The SMILES string of the molecule is Cc1ccc(C#CCO)cc1N1C(=O)CC(C)C1=O. The Kier molecular flexibility index (Phi) is 3.68. The maximum Gasteiger partial charge on any atom is 0.237 e. The van der Waals surface area contributed by atoms with Gasteiger partial charge in [0, 0.05) is 17.9 Å². The Labute approximate surface area is 112 Å². The van der Waals surface area contributed by atoms with Crippen molar-refractivity contribution in [3.8, 4) is 11.8 Å². The average Bonchev–Trinajstić information content (AvgIpc) is 2.63. The molecule has 4 nitrogen and oxygen atoms in total. The number of carbonyl (C=O) groups is 2. The predicted molar refractivity (Wildman–Crippen MR) is 71.4 cm³/mol. The fraction of sp³-hybridized carbons (Fsp3) is 0.333. The highest BCUT2D eigenvalue weighted by atomic mass is 16.2. The second-order valence-corrected chi connectivity index (χ2v) is 4.63. The van der Waals surface area contributed by atoms with Crippen LogP contribution in [0.3, 0.4) is 0 Å². The van der Waals surface area contributed by atoms with Crippen LogP contribution in [0.1, 0.15) is 24.5 Å². The zero-order chi connectivity index (χ0) is 14.0. The molecule has 0 saturated carbocycles. The molecule has 2 amide bonds. The molecule has 1 unspecified atom stereocenters. The van der Waals surface area contributed by atoms with E-state index in [2.05, 4.69) is 11.8 Å². The lowest BCUT2D eigenvalue weighted by Crippen LogP contribution is -2.30. The van der Waals surface area contributed by atoms with Crippen LogP contribution in [0, 0.1) is 24.7 Å². The summed E-state index contributed by atoms with van der Waals surface area (Å²) >= 11 is 0. The van der Waals surface area contributed by atoms with Gasteiger partial charge in [0.15, 0.2) is 0 Å². The molecule has 2 rings (SSSR count). The molecule has 98 valence electrons. The number of nitrogens with zero attached hydrogens (tertiary/aromatic N) is 1. The monoisotopic (exact) mass is 257 g/mol. The third kappa shape index (κ3) is 2.51. The van der Waals surface area contributed by atoms with Crippen molar-refractivity contribution in [2.24, 2.45) is 5.92 Å². The number of aliphatic hydroxyl groups excluding tert-OH is 1. The minimum absolute atomic E-state index is 0.166. The summed E-state index contributed by atoms with van der Waals surface area (Å²) in [6.45, 7) is 3.38. The smallest absolute Gasteiger partial charge is 0.237 e. The molecular formula is C15H15NO3. The fourth-order valence-electron chi connectivity index (χ4n) is 2.11. The molecule has 0 radical (unpaired) electrons. The maximum atomic E-state index is 12.0. The molecule has 1 aromatic carbocycles. The Bertz CT molecular complexity index is 595. The molecule has 4 heteroatoms. The van der Waals surface area contributed by atoms with E-state index in [-0.39, 0.29) is 30.8 Å². The molecule has 0 aliphatic carbocycles. The van der Waals surface area contributed by atoms with E-state index in [1.165, 1.54) is 4.90 Å². The van der Waals surface area contributed by atoms with E-state index in [0.29, 0.717) is 11.3 Å². The number of rotatable bonds is 1. The molecule has 1 atom stereocenters. The number of aryl methyl sites for hydroxylation is 1. The van der Waals surface area contributed by atoms with E-state index in [0.717, 1.165) is 5.56 Å². The van der Waals surface area contributed by atoms with Crippen molar-refractivity contribution in [3.05, 3.63) is 29.3 Å². The lowest BCUT2D eigenvalue weighted by Gasteiger charge is -2.17. The van der Waals surface area contributed by atoms with Crippen LogP contribution in [-0.4, -0.2) is 23.5 Å². The minimum Gasteiger partial charge on any atom is -0.384 e. The van der Waals surface area contributed by atoms with E-state index < -0.39 is 0 Å². The zero-order valence-corrected chi connectivity index (χ0v) is 10.9. The second-order valence-electron chi connectivity index (χ2n) is 4.63. The average molecular weight is 257 g/mol. The van der Waals surface area contributed by atoms with Gasteiger partial charge in [0.2, 0.25) is 11.8 Å². The normalized spacial score (nSPS) is 18.5. The molecule has 1 aliphatic heterocycles. The van der Waals surface area contributed by atoms with Gasteiger partial charge in [0.25, 0.3) is 0 Å². The van der Waals surface area contributed by atoms with Gasteiger partial charge in [-0.25, -0.2) is 0 Å². The van der Waals surface area contributed by atoms with Crippen molar-refractivity contribution < 1.29 is 14.7 Å². The van der Waals surface area contributed by atoms with E-state index in [1.807, 2.05) is 13.0 Å². The molecule has 0 spiro atoms. The number of carbonyl (C=O) groups excluding carboxylic acids is 2. The first kappa shape index (κ1) is 13.3. The molecule has 1 heterocycles. The number of benzene rings is 1. The highest BCUT2D eigenvalue weighted by molar-refractivity contribution is 6.21. The van der Waals surface area contributed by atoms with Crippen molar-refractivity contribution in [2.45, 2.75) is 20.3 Å². The Hall–Kier alpha value is -2.12. The van der Waals surface area contributed by atoms with Crippen LogP contribution in [0.2, 0.25) is 0 Å². The molecular weight excluding hydrogens is 242 g/mol. The Morgan fingerprint density at radius 2 is 2.16 bits per heavy atom. The predicted octanol–water partition coefficient (Wildman–Crippen LogP) is 1.24. The van der Waals surface area contributed by atoms with Crippen LogP contribution in [0.4, 0.5) is 5.69 Å². The first-order chi connectivity index (χ1) is 9.04. The summed E-state index contributed by atoms with van der Waals surface area (Å²) in [5.41, 5.74) is 2.12. The lowest BCUT2D eigenvalue weighted by molar-refractivity contribution is -0.122. The standard InChI is InChI=1S/C15H15NO3/c1-10-5-6-12(4-3-7-17)9-13(10)16-14(18)8-11(2)15(16)19/h5-6,9,11,17H,7-8H2,1-2H3. The Morgan fingerprint density at radius 1 is 1.42 bits per heavy atom. The van der Waals surface area contributed by atoms with Gasteiger partial charge in [-0.1, -0.05) is 24.8 Å². The van der Waals surface area contributed by atoms with Crippen molar-refractivity contribution in [3.63, 3.8) is 0 Å². The van der Waals surface area contributed by atoms with Crippen molar-refractivity contribution in [1.29, 1.82) is 0 Å². The maximum absolute atomic E-state index is 12.0. The number of hydrogen-bond donors (Lipinski definition) is 1. The van der Waals surface area contributed by atoms with Gasteiger partial charge < -0.3 is 5.11 Å². The third-order valence-electron chi connectivity index (χ3n) is 3.13. The number of anilines is 1. The van der Waals surface area contributed by atoms with E-state index >= 15 is 0 Å². The van der Waals surface area contributed by atoms with Gasteiger partial charge in [-0.15, -0.1) is 0 Å². The molecule has 0 aromatic heterocycles. The molecule has 19 heavy (non-hydrogen) atoms. The Balaban J connectivity index is 2.44. The highest BCUT2D eigenvalue weighted by Gasteiger charge is 2.37. The van der Waals surface area contributed by atoms with Crippen molar-refractivity contribution >= 4 is 17.5 Å². The topological polar surface area (TPSA) is 57.6 Å². The van der Waals surface area contributed by atoms with Crippen LogP contribution in [0.15, 0.2) is 18.2 Å². The molecule has 1 aromatic rings. The molecule has 1 aliphatic rings. The molecule has 1 fully saturated rings. The summed E-state index contributed by atoms with van der Waals surface area (Å²) in [6, 6.07) is 5.34. The summed E-state index contributed by atoms with van der Waals surface area (Å²) in [5, 5.41) is 8.69. The van der Waals surface area contributed by atoms with E-state index in [9.17, 15) is 9.59 Å². The number of aliphatic hydroxyl groups is 1. The first-order valence-electron chi connectivity index (χ1n) is 6.11. The summed E-state index contributed by atoms with van der Waals surface area (Å²) in [6.07, 6.45) is 0.255. The summed E-state index contributed by atoms with van der Waals surface area (Å²) < 4.78 is 0. The molecule has 0 bridgehead atoms. The Morgan fingerprint density at radius 3 is 2.74 bits per heavy atom. The van der Waals surface area contributed by atoms with Gasteiger partial charge in [-0.05, 0) is 24.6 Å². The summed E-state index contributed by atoms with van der Waals surface area (Å²) in [7, 11) is 0. The highest BCUT2D eigenvalue weighted by Crippen LogP contribution is 2.29. The van der Waals surface area contributed by atoms with Crippen LogP contribution in [-0.2, 0) is 9.59 Å². The molecule has 1 N–H and O–H groups in total. The summed E-state index contributed by atoms with van der Waals surface area (Å²) in [4.78, 5) is 25.2. The number of amides is 2. The fourth-order valence-corrected chi connectivity index (χ4v) is 2.11. The van der Waals surface area contributed by atoms with Gasteiger partial charge in [0.05, 0.1) is 5.69 Å². The van der Waals surface area contributed by atoms with Crippen molar-refractivity contribution in [1.82, 2.24) is 0 Å². The quantitative estimate of drug-likeness (QED) is 0.608. The van der Waals surface area contributed by atoms with Crippen LogP contribution in [0.25, 0.3) is 0 Å². The van der Waals surface area contributed by atoms with Gasteiger partial charge in [0.1, 0.15) is 6.61 Å². The van der Waals surface area contributed by atoms with E-state index in [1.54, 1.807) is 19.1 Å². The van der Waals surface area contributed by atoms with Gasteiger partial charge in [-0.3, -0.25) is 14.5 Å². The van der Waals surface area contributed by atoms with Crippen molar-refractivity contribution in [2.75, 3.05) is 11.5 Å². The van der Waals surface area contributed by atoms with Gasteiger partial charge in [-0.2, -0.15) is 0 Å². The zero-order valence-electron chi connectivity index (χ0n) is 10.9. The lowest BCUT2D eigenvalue weighted by atomic mass is 10.1. The third-order valence-corrected chi connectivity index (χ3v) is 3.13. The molecule has 1 saturated heterocycles. The first-order valence-corrected chi connectivity index (χ1v) is 6.11. The number of imide groups is 1.